The number of aromatic nitrogens is 1. The van der Waals surface area contributed by atoms with Crippen molar-refractivity contribution in [3.05, 3.63) is 47.5 Å². The van der Waals surface area contributed by atoms with Crippen LogP contribution in [0.2, 0.25) is 0 Å². The van der Waals surface area contributed by atoms with Crippen LogP contribution in [-0.2, 0) is 17.6 Å². The fraction of sp³-hybridized carbons (Fsp3) is 0.188. The molecule has 1 heterocycles. The molecule has 2 N–H and O–H groups in total. The Morgan fingerprint density at radius 2 is 1.84 bits per heavy atom. The molecule has 96 valence electrons. The number of aliphatic carboxylic acids is 1. The Morgan fingerprint density at radius 1 is 1.05 bits per heavy atom. The first-order valence-corrected chi connectivity index (χ1v) is 6.42. The quantitative estimate of drug-likeness (QED) is 0.750. The van der Waals surface area contributed by atoms with Crippen molar-refractivity contribution in [2.24, 2.45) is 0 Å². The van der Waals surface area contributed by atoms with E-state index in [0.29, 0.717) is 0 Å². The lowest BCUT2D eigenvalue weighted by molar-refractivity contribution is -0.136. The average Bonchev–Trinajstić information content (AvgIpc) is 2.74. The van der Waals surface area contributed by atoms with Gasteiger partial charge in [-0.15, -0.1) is 0 Å². The van der Waals surface area contributed by atoms with E-state index in [2.05, 4.69) is 30.1 Å². The second-order valence-electron chi connectivity index (χ2n) is 4.81. The molecule has 19 heavy (non-hydrogen) atoms. The fourth-order valence-electron chi connectivity index (χ4n) is 2.50. The lowest BCUT2D eigenvalue weighted by Gasteiger charge is -1.98. The van der Waals surface area contributed by atoms with Gasteiger partial charge in [-0.25, -0.2) is 0 Å². The summed E-state index contributed by atoms with van der Waals surface area (Å²) in [7, 11) is 0. The van der Waals surface area contributed by atoms with Crippen LogP contribution in [0.15, 0.2) is 36.4 Å². The molecule has 0 aliphatic rings. The third kappa shape index (κ3) is 2.08. The predicted octanol–water partition coefficient (Wildman–Crippen LogP) is 3.51. The molecule has 3 aromatic rings. The fourth-order valence-corrected chi connectivity index (χ4v) is 2.50. The van der Waals surface area contributed by atoms with Gasteiger partial charge in [0.15, 0.2) is 0 Å². The molecule has 0 atom stereocenters. The number of nitrogens with one attached hydrogen (secondary N) is 1. The molecule has 0 bridgehead atoms. The number of carboxylic acid groups (broad SMARTS) is 1. The minimum atomic E-state index is -0.802. The number of fused-ring (bicyclic) bond motifs is 3. The Morgan fingerprint density at radius 3 is 2.58 bits per heavy atom. The normalized spacial score (nSPS) is 11.2. The molecule has 0 amide bonds. The molecular formula is C16H15NO2. The van der Waals surface area contributed by atoms with Gasteiger partial charge in [-0.2, -0.15) is 0 Å². The second kappa shape index (κ2) is 4.43. The van der Waals surface area contributed by atoms with E-state index in [1.165, 1.54) is 10.9 Å². The highest BCUT2D eigenvalue weighted by Gasteiger charge is 2.07. The van der Waals surface area contributed by atoms with E-state index in [1.54, 1.807) is 0 Å². The summed E-state index contributed by atoms with van der Waals surface area (Å²) in [5, 5.41) is 11.2. The summed E-state index contributed by atoms with van der Waals surface area (Å²) in [6.07, 6.45) is 1.07. The Balaban J connectivity index is 2.19. The number of aryl methyl sites for hydroxylation is 1. The van der Waals surface area contributed by atoms with Crippen molar-refractivity contribution in [1.82, 2.24) is 4.98 Å². The van der Waals surface area contributed by atoms with Gasteiger partial charge >= 0.3 is 5.97 Å². The highest BCUT2D eigenvalue weighted by molar-refractivity contribution is 6.07. The molecule has 3 heteroatoms. The van der Waals surface area contributed by atoms with Gasteiger partial charge < -0.3 is 10.1 Å². The van der Waals surface area contributed by atoms with Crippen LogP contribution >= 0.6 is 0 Å². The van der Waals surface area contributed by atoms with E-state index >= 15 is 0 Å². The summed E-state index contributed by atoms with van der Waals surface area (Å²) in [6, 6.07) is 12.2. The average molecular weight is 253 g/mol. The third-order valence-corrected chi connectivity index (χ3v) is 3.49. The van der Waals surface area contributed by atoms with Crippen molar-refractivity contribution in [3.8, 4) is 0 Å². The van der Waals surface area contributed by atoms with E-state index in [-0.39, 0.29) is 6.42 Å². The number of rotatable bonds is 3. The maximum atomic E-state index is 10.8. The van der Waals surface area contributed by atoms with E-state index in [9.17, 15) is 4.79 Å². The minimum Gasteiger partial charge on any atom is -0.481 e. The molecule has 0 aliphatic carbocycles. The Labute approximate surface area is 110 Å². The zero-order valence-corrected chi connectivity index (χ0v) is 10.7. The van der Waals surface area contributed by atoms with Gasteiger partial charge in [0.25, 0.3) is 0 Å². The van der Waals surface area contributed by atoms with Crippen molar-refractivity contribution in [3.63, 3.8) is 0 Å². The number of aromatic amines is 1. The SMILES string of the molecule is CCc1ccc2[nH]c3cc(CC(=O)O)ccc3c2c1. The van der Waals surface area contributed by atoms with E-state index in [4.69, 9.17) is 5.11 Å². The van der Waals surface area contributed by atoms with E-state index in [0.717, 1.165) is 28.4 Å². The van der Waals surface area contributed by atoms with Crippen LogP contribution in [0.25, 0.3) is 21.8 Å². The molecule has 0 unspecified atom stereocenters. The lowest BCUT2D eigenvalue weighted by Crippen LogP contribution is -1.99. The van der Waals surface area contributed by atoms with Gasteiger partial charge in [0.1, 0.15) is 0 Å². The molecule has 0 saturated carbocycles. The van der Waals surface area contributed by atoms with Crippen LogP contribution < -0.4 is 0 Å². The van der Waals surface area contributed by atoms with Crippen molar-refractivity contribution < 1.29 is 9.90 Å². The standard InChI is InChI=1S/C16H15NO2/c1-2-10-4-6-14-13(7-10)12-5-3-11(9-16(18)19)8-15(12)17-14/h3-8,17H,2,9H2,1H3,(H,18,19). The van der Waals surface area contributed by atoms with Crippen molar-refractivity contribution in [2.45, 2.75) is 19.8 Å². The Hall–Kier alpha value is -2.29. The van der Waals surface area contributed by atoms with Gasteiger partial charge in [0, 0.05) is 21.8 Å². The van der Waals surface area contributed by atoms with Gasteiger partial charge in [0.2, 0.25) is 0 Å². The summed E-state index contributed by atoms with van der Waals surface area (Å²) >= 11 is 0. The van der Waals surface area contributed by atoms with Crippen LogP contribution in [0, 0.1) is 0 Å². The molecule has 2 aromatic carbocycles. The first kappa shape index (κ1) is 11.8. The number of hydrogen-bond acceptors (Lipinski definition) is 1. The molecule has 0 saturated heterocycles. The first-order chi connectivity index (χ1) is 9.17. The predicted molar refractivity (Wildman–Crippen MR) is 76.5 cm³/mol. The molecule has 3 rings (SSSR count). The summed E-state index contributed by atoms with van der Waals surface area (Å²) in [4.78, 5) is 14.1. The van der Waals surface area contributed by atoms with E-state index in [1.807, 2.05) is 18.2 Å². The minimum absolute atomic E-state index is 0.0610. The lowest BCUT2D eigenvalue weighted by atomic mass is 10.1. The number of carboxylic acids is 1. The van der Waals surface area contributed by atoms with Crippen LogP contribution in [0.4, 0.5) is 0 Å². The molecular weight excluding hydrogens is 238 g/mol. The Bertz CT molecular complexity index is 771. The van der Waals surface area contributed by atoms with Crippen LogP contribution in [0.5, 0.6) is 0 Å². The van der Waals surface area contributed by atoms with Crippen LogP contribution in [0.1, 0.15) is 18.1 Å². The molecule has 1 aromatic heterocycles. The summed E-state index contributed by atoms with van der Waals surface area (Å²) < 4.78 is 0. The van der Waals surface area contributed by atoms with Gasteiger partial charge in [0.05, 0.1) is 6.42 Å². The van der Waals surface area contributed by atoms with Gasteiger partial charge in [-0.05, 0) is 35.7 Å². The largest absolute Gasteiger partial charge is 0.481 e. The summed E-state index contributed by atoms with van der Waals surface area (Å²) in [5.41, 5.74) is 4.23. The highest BCUT2D eigenvalue weighted by atomic mass is 16.4. The molecule has 0 fully saturated rings. The molecule has 0 radical (unpaired) electrons. The van der Waals surface area contributed by atoms with Gasteiger partial charge in [-0.3, -0.25) is 4.79 Å². The summed E-state index contributed by atoms with van der Waals surface area (Å²) in [6.45, 7) is 2.14. The maximum absolute atomic E-state index is 10.8. The van der Waals surface area contributed by atoms with E-state index < -0.39 is 5.97 Å². The topological polar surface area (TPSA) is 53.1 Å². The Kier molecular flexibility index (Phi) is 2.75. The van der Waals surface area contributed by atoms with Crippen molar-refractivity contribution >= 4 is 27.8 Å². The monoisotopic (exact) mass is 253 g/mol. The number of carbonyl (C=O) groups is 1. The second-order valence-corrected chi connectivity index (χ2v) is 4.81. The first-order valence-electron chi connectivity index (χ1n) is 6.42. The summed E-state index contributed by atoms with van der Waals surface area (Å²) in [5.74, 6) is -0.802. The molecule has 3 nitrogen and oxygen atoms in total. The van der Waals surface area contributed by atoms with Crippen molar-refractivity contribution in [1.29, 1.82) is 0 Å². The number of benzene rings is 2. The van der Waals surface area contributed by atoms with Crippen molar-refractivity contribution in [2.75, 3.05) is 0 Å². The molecule has 0 aliphatic heterocycles. The van der Waals surface area contributed by atoms with Gasteiger partial charge in [-0.1, -0.05) is 25.1 Å². The highest BCUT2D eigenvalue weighted by Crippen LogP contribution is 2.27. The smallest absolute Gasteiger partial charge is 0.307 e. The number of H-pyrrole nitrogens is 1. The zero-order valence-electron chi connectivity index (χ0n) is 10.7. The third-order valence-electron chi connectivity index (χ3n) is 3.49. The maximum Gasteiger partial charge on any atom is 0.307 e. The molecule has 0 spiro atoms. The zero-order chi connectivity index (χ0) is 13.4. The number of hydrogen-bond donors (Lipinski definition) is 2. The van der Waals surface area contributed by atoms with Crippen LogP contribution in [-0.4, -0.2) is 16.1 Å². The van der Waals surface area contributed by atoms with Crippen LogP contribution in [0.3, 0.4) is 0 Å².